The van der Waals surface area contributed by atoms with E-state index in [1.165, 1.54) is 12.1 Å². The summed E-state index contributed by atoms with van der Waals surface area (Å²) < 4.78 is 52.5. The van der Waals surface area contributed by atoms with Crippen LogP contribution in [0.5, 0.6) is 0 Å². The van der Waals surface area contributed by atoms with Crippen molar-refractivity contribution in [1.82, 2.24) is 5.32 Å². The molecule has 0 saturated heterocycles. The Hall–Kier alpha value is -1.10. The third kappa shape index (κ3) is 3.14. The monoisotopic (exact) mass is 289 g/mol. The molecule has 5 heteroatoms. The molecule has 1 aromatic rings. The Morgan fingerprint density at radius 1 is 1.15 bits per heavy atom. The Bertz CT molecular complexity index is 450. The van der Waals surface area contributed by atoms with Crippen molar-refractivity contribution < 1.29 is 17.6 Å². The first-order valence-corrected chi connectivity index (χ1v) is 6.98. The molecule has 1 N–H and O–H groups in total. The van der Waals surface area contributed by atoms with Crippen LogP contribution >= 0.6 is 0 Å². The van der Waals surface area contributed by atoms with Crippen LogP contribution < -0.4 is 5.32 Å². The number of hydrogen-bond acceptors (Lipinski definition) is 1. The summed E-state index contributed by atoms with van der Waals surface area (Å²) in [5.74, 6) is -0.934. The highest BCUT2D eigenvalue weighted by Gasteiger charge is 2.36. The van der Waals surface area contributed by atoms with Crippen molar-refractivity contribution in [3.63, 3.8) is 0 Å². The summed E-state index contributed by atoms with van der Waals surface area (Å²) in [5, 5.41) is 3.00. The smallest absolute Gasteiger partial charge is 0.313 e. The van der Waals surface area contributed by atoms with Crippen LogP contribution in [0, 0.1) is 11.7 Å². The summed E-state index contributed by atoms with van der Waals surface area (Å²) in [6.07, 6.45) is 0.484. The summed E-state index contributed by atoms with van der Waals surface area (Å²) in [5.41, 5.74) is -1.04. The van der Waals surface area contributed by atoms with E-state index in [4.69, 9.17) is 0 Å². The summed E-state index contributed by atoms with van der Waals surface area (Å²) in [4.78, 5) is 0. The van der Waals surface area contributed by atoms with Gasteiger partial charge in [0.1, 0.15) is 5.82 Å². The number of halogens is 4. The molecule has 1 fully saturated rings. The second-order valence-corrected chi connectivity index (χ2v) is 5.37. The van der Waals surface area contributed by atoms with E-state index >= 15 is 0 Å². The van der Waals surface area contributed by atoms with E-state index in [1.54, 1.807) is 7.05 Å². The van der Waals surface area contributed by atoms with Gasteiger partial charge >= 0.3 is 6.18 Å². The van der Waals surface area contributed by atoms with Gasteiger partial charge in [-0.3, -0.25) is 0 Å². The number of benzene rings is 1. The van der Waals surface area contributed by atoms with Crippen molar-refractivity contribution >= 4 is 0 Å². The van der Waals surface area contributed by atoms with Crippen LogP contribution in [0.2, 0.25) is 0 Å². The Morgan fingerprint density at radius 3 is 2.35 bits per heavy atom. The first-order valence-electron chi connectivity index (χ1n) is 6.98. The minimum atomic E-state index is -4.65. The van der Waals surface area contributed by atoms with Crippen LogP contribution in [0.3, 0.4) is 0 Å². The minimum absolute atomic E-state index is 0.134. The van der Waals surface area contributed by atoms with Crippen LogP contribution in [0.25, 0.3) is 0 Å². The van der Waals surface area contributed by atoms with Gasteiger partial charge < -0.3 is 5.32 Å². The number of rotatable bonds is 3. The fourth-order valence-corrected chi connectivity index (χ4v) is 3.12. The SMILES string of the molecule is CNC(c1cccc(C(F)(F)F)c1F)C1CCCCC1. The molecule has 20 heavy (non-hydrogen) atoms. The maximum atomic E-state index is 14.2. The maximum Gasteiger partial charge on any atom is 0.419 e. The van der Waals surface area contributed by atoms with E-state index in [0.29, 0.717) is 0 Å². The fraction of sp³-hybridized carbons (Fsp3) is 0.600. The fourth-order valence-electron chi connectivity index (χ4n) is 3.12. The second-order valence-electron chi connectivity index (χ2n) is 5.37. The molecule has 0 aromatic heterocycles. The van der Waals surface area contributed by atoms with E-state index in [-0.39, 0.29) is 17.5 Å². The van der Waals surface area contributed by atoms with Crippen LogP contribution in [-0.4, -0.2) is 7.05 Å². The van der Waals surface area contributed by atoms with Gasteiger partial charge in [-0.05, 0) is 31.9 Å². The third-order valence-electron chi connectivity index (χ3n) is 4.10. The molecule has 1 aromatic carbocycles. The number of nitrogens with one attached hydrogen (secondary N) is 1. The topological polar surface area (TPSA) is 12.0 Å². The number of alkyl halides is 3. The normalized spacial score (nSPS) is 19.1. The highest BCUT2D eigenvalue weighted by molar-refractivity contribution is 5.31. The molecule has 1 atom stereocenters. The third-order valence-corrected chi connectivity index (χ3v) is 4.10. The molecule has 0 spiro atoms. The van der Waals surface area contributed by atoms with Crippen LogP contribution in [-0.2, 0) is 6.18 Å². The molecule has 1 nitrogen and oxygen atoms in total. The lowest BCUT2D eigenvalue weighted by Crippen LogP contribution is -2.28. The first-order chi connectivity index (χ1) is 9.45. The Labute approximate surface area is 116 Å². The molecule has 0 aliphatic heterocycles. The van der Waals surface area contributed by atoms with Gasteiger partial charge in [-0.2, -0.15) is 13.2 Å². The zero-order chi connectivity index (χ0) is 14.8. The predicted molar refractivity (Wildman–Crippen MR) is 69.8 cm³/mol. The van der Waals surface area contributed by atoms with E-state index in [1.807, 2.05) is 0 Å². The van der Waals surface area contributed by atoms with Gasteiger partial charge in [-0.1, -0.05) is 31.4 Å². The van der Waals surface area contributed by atoms with Crippen molar-refractivity contribution in [3.8, 4) is 0 Å². The molecule has 0 radical (unpaired) electrons. The van der Waals surface area contributed by atoms with E-state index in [2.05, 4.69) is 5.32 Å². The van der Waals surface area contributed by atoms with Crippen molar-refractivity contribution in [2.75, 3.05) is 7.05 Å². The average Bonchev–Trinajstić information content (AvgIpc) is 2.41. The summed E-state index contributed by atoms with van der Waals surface area (Å²) in [6.45, 7) is 0. The van der Waals surface area contributed by atoms with E-state index in [9.17, 15) is 17.6 Å². The molecule has 1 aliphatic carbocycles. The molecular weight excluding hydrogens is 270 g/mol. The van der Waals surface area contributed by atoms with Gasteiger partial charge in [-0.15, -0.1) is 0 Å². The molecule has 1 unspecified atom stereocenters. The van der Waals surface area contributed by atoms with Gasteiger partial charge in [0.2, 0.25) is 0 Å². The van der Waals surface area contributed by atoms with Gasteiger partial charge in [-0.25, -0.2) is 4.39 Å². The Balaban J connectivity index is 2.34. The van der Waals surface area contributed by atoms with Gasteiger partial charge in [0.25, 0.3) is 0 Å². The van der Waals surface area contributed by atoms with Crippen LogP contribution in [0.1, 0.15) is 49.3 Å². The van der Waals surface area contributed by atoms with Crippen LogP contribution in [0.15, 0.2) is 18.2 Å². The lowest BCUT2D eigenvalue weighted by molar-refractivity contribution is -0.140. The lowest BCUT2D eigenvalue weighted by Gasteiger charge is -2.31. The Morgan fingerprint density at radius 2 is 1.80 bits per heavy atom. The molecule has 112 valence electrons. The van der Waals surface area contributed by atoms with Crippen molar-refractivity contribution in [2.24, 2.45) is 5.92 Å². The zero-order valence-electron chi connectivity index (χ0n) is 11.4. The van der Waals surface area contributed by atoms with Gasteiger partial charge in [0.15, 0.2) is 0 Å². The largest absolute Gasteiger partial charge is 0.419 e. The number of hydrogen-bond donors (Lipinski definition) is 1. The average molecular weight is 289 g/mol. The quantitative estimate of drug-likeness (QED) is 0.796. The molecular formula is C15H19F4N. The van der Waals surface area contributed by atoms with Crippen molar-refractivity contribution in [3.05, 3.63) is 35.1 Å². The van der Waals surface area contributed by atoms with Gasteiger partial charge in [0.05, 0.1) is 5.56 Å². The lowest BCUT2D eigenvalue weighted by atomic mass is 9.80. The Kier molecular flexibility index (Phi) is 4.68. The first kappa shape index (κ1) is 15.3. The van der Waals surface area contributed by atoms with Crippen molar-refractivity contribution in [1.29, 1.82) is 0 Å². The predicted octanol–water partition coefficient (Wildman–Crippen LogP) is 4.69. The van der Waals surface area contributed by atoms with Crippen molar-refractivity contribution in [2.45, 2.75) is 44.3 Å². The molecule has 0 heterocycles. The second kappa shape index (κ2) is 6.12. The van der Waals surface area contributed by atoms with Gasteiger partial charge in [0, 0.05) is 11.6 Å². The molecule has 1 saturated carbocycles. The highest BCUT2D eigenvalue weighted by Crippen LogP contribution is 2.38. The molecule has 2 rings (SSSR count). The van der Waals surface area contributed by atoms with E-state index in [0.717, 1.165) is 38.2 Å². The summed E-state index contributed by atoms with van der Waals surface area (Å²) in [6, 6.07) is 3.19. The molecule has 1 aliphatic rings. The van der Waals surface area contributed by atoms with Crippen LogP contribution in [0.4, 0.5) is 17.6 Å². The minimum Gasteiger partial charge on any atom is -0.313 e. The molecule has 0 amide bonds. The maximum absolute atomic E-state index is 14.2. The summed E-state index contributed by atoms with van der Waals surface area (Å²) >= 11 is 0. The summed E-state index contributed by atoms with van der Waals surface area (Å²) in [7, 11) is 1.68. The highest BCUT2D eigenvalue weighted by atomic mass is 19.4. The van der Waals surface area contributed by atoms with E-state index < -0.39 is 17.6 Å². The zero-order valence-corrected chi connectivity index (χ0v) is 11.4. The standard InChI is InChI=1S/C15H19F4N/c1-20-14(10-6-3-2-4-7-10)11-8-5-9-12(13(11)16)15(17,18)19/h5,8-10,14,20H,2-4,6-7H2,1H3. The molecule has 0 bridgehead atoms.